The van der Waals surface area contributed by atoms with Gasteiger partial charge in [-0.05, 0) is 41.9 Å². The lowest BCUT2D eigenvalue weighted by atomic mass is 9.95. The maximum atomic E-state index is 5.51. The highest BCUT2D eigenvalue weighted by atomic mass is 79.9. The zero-order valence-electron chi connectivity index (χ0n) is 12.2. The highest BCUT2D eigenvalue weighted by Crippen LogP contribution is 2.33. The fraction of sp³-hybridized carbons (Fsp3) is 0.294. The molecule has 0 aromatic heterocycles. The van der Waals surface area contributed by atoms with Crippen LogP contribution in [0, 0.1) is 0 Å². The Hall–Kier alpha value is -1.36. The summed E-state index contributed by atoms with van der Waals surface area (Å²) in [5, 5.41) is 3.39. The highest BCUT2D eigenvalue weighted by Gasteiger charge is 2.19. The molecular formula is C17H18BrNO2. The summed E-state index contributed by atoms with van der Waals surface area (Å²) < 4.78 is 12.1. The highest BCUT2D eigenvalue weighted by molar-refractivity contribution is 9.10. The van der Waals surface area contributed by atoms with Crippen LogP contribution in [0.4, 0.5) is 0 Å². The van der Waals surface area contributed by atoms with Crippen molar-refractivity contribution in [3.63, 3.8) is 0 Å². The van der Waals surface area contributed by atoms with Crippen LogP contribution in [0.5, 0.6) is 5.75 Å². The van der Waals surface area contributed by atoms with Crippen LogP contribution in [-0.2, 0) is 18.0 Å². The minimum atomic E-state index is 0.0864. The lowest BCUT2D eigenvalue weighted by Gasteiger charge is -2.21. The molecule has 4 heteroatoms. The molecule has 3 rings (SSSR count). The Morgan fingerprint density at radius 1 is 1.14 bits per heavy atom. The average Bonchev–Trinajstić information content (AvgIpc) is 2.96. The largest absolute Gasteiger partial charge is 0.496 e. The first-order valence-electron chi connectivity index (χ1n) is 6.93. The molecule has 0 saturated heterocycles. The molecule has 1 aliphatic heterocycles. The fourth-order valence-corrected chi connectivity index (χ4v) is 3.18. The third kappa shape index (κ3) is 2.84. The van der Waals surface area contributed by atoms with E-state index in [-0.39, 0.29) is 6.04 Å². The van der Waals surface area contributed by atoms with Gasteiger partial charge < -0.3 is 14.8 Å². The molecular weight excluding hydrogens is 330 g/mol. The lowest BCUT2D eigenvalue weighted by molar-refractivity contribution is 0.134. The molecule has 0 radical (unpaired) electrons. The van der Waals surface area contributed by atoms with Gasteiger partial charge in [0.05, 0.1) is 26.4 Å². The maximum Gasteiger partial charge on any atom is 0.124 e. The van der Waals surface area contributed by atoms with Gasteiger partial charge >= 0.3 is 0 Å². The molecule has 2 aromatic carbocycles. The SMILES string of the molecule is CNC(c1ccc2c(c1)COC2)c1cc(Br)ccc1OC. The van der Waals surface area contributed by atoms with Crippen molar-refractivity contribution in [1.29, 1.82) is 0 Å². The van der Waals surface area contributed by atoms with Gasteiger partial charge in [0.25, 0.3) is 0 Å². The number of nitrogens with one attached hydrogen (secondary N) is 1. The number of benzene rings is 2. The van der Waals surface area contributed by atoms with Gasteiger partial charge in [0.2, 0.25) is 0 Å². The van der Waals surface area contributed by atoms with E-state index in [0.29, 0.717) is 6.61 Å². The first-order chi connectivity index (χ1) is 10.2. The Labute approximate surface area is 133 Å². The second kappa shape index (κ2) is 6.18. The van der Waals surface area contributed by atoms with Gasteiger partial charge in [0.1, 0.15) is 5.75 Å². The van der Waals surface area contributed by atoms with E-state index in [9.17, 15) is 0 Å². The molecule has 110 valence electrons. The molecule has 1 atom stereocenters. The summed E-state index contributed by atoms with van der Waals surface area (Å²) in [5.41, 5.74) is 4.91. The van der Waals surface area contributed by atoms with Gasteiger partial charge in [-0.1, -0.05) is 34.1 Å². The van der Waals surface area contributed by atoms with Crippen LogP contribution >= 0.6 is 15.9 Å². The summed E-state index contributed by atoms with van der Waals surface area (Å²) in [6.45, 7) is 1.43. The van der Waals surface area contributed by atoms with Crippen molar-refractivity contribution in [1.82, 2.24) is 5.32 Å². The topological polar surface area (TPSA) is 30.5 Å². The van der Waals surface area contributed by atoms with E-state index in [0.717, 1.165) is 22.4 Å². The van der Waals surface area contributed by atoms with Crippen molar-refractivity contribution in [3.05, 3.63) is 63.1 Å². The number of fused-ring (bicyclic) bond motifs is 1. The summed E-state index contributed by atoms with van der Waals surface area (Å²) in [4.78, 5) is 0. The number of halogens is 1. The van der Waals surface area contributed by atoms with Gasteiger partial charge in [0.15, 0.2) is 0 Å². The molecule has 0 saturated carbocycles. The van der Waals surface area contributed by atoms with Gasteiger partial charge in [-0.2, -0.15) is 0 Å². The molecule has 0 amide bonds. The number of methoxy groups -OCH3 is 1. The number of ether oxygens (including phenoxy) is 2. The van der Waals surface area contributed by atoms with Crippen LogP contribution < -0.4 is 10.1 Å². The van der Waals surface area contributed by atoms with E-state index >= 15 is 0 Å². The van der Waals surface area contributed by atoms with Crippen LogP contribution in [0.1, 0.15) is 28.3 Å². The van der Waals surface area contributed by atoms with Crippen LogP contribution in [-0.4, -0.2) is 14.2 Å². The molecule has 0 spiro atoms. The number of hydrogen-bond acceptors (Lipinski definition) is 3. The third-order valence-electron chi connectivity index (χ3n) is 3.87. The summed E-state index contributed by atoms with van der Waals surface area (Å²) >= 11 is 3.54. The number of hydrogen-bond donors (Lipinski definition) is 1. The minimum Gasteiger partial charge on any atom is -0.496 e. The van der Waals surface area contributed by atoms with Gasteiger partial charge in [-0.25, -0.2) is 0 Å². The molecule has 0 bridgehead atoms. The average molecular weight is 348 g/mol. The molecule has 0 fully saturated rings. The van der Waals surface area contributed by atoms with E-state index in [4.69, 9.17) is 9.47 Å². The molecule has 2 aromatic rings. The Bertz CT molecular complexity index is 657. The quantitative estimate of drug-likeness (QED) is 0.912. The summed E-state index contributed by atoms with van der Waals surface area (Å²) in [5.74, 6) is 0.884. The molecule has 1 aliphatic rings. The van der Waals surface area contributed by atoms with Crippen molar-refractivity contribution in [2.24, 2.45) is 0 Å². The molecule has 3 nitrogen and oxygen atoms in total. The zero-order chi connectivity index (χ0) is 14.8. The third-order valence-corrected chi connectivity index (χ3v) is 4.36. The van der Waals surface area contributed by atoms with Crippen LogP contribution in [0.2, 0.25) is 0 Å². The van der Waals surface area contributed by atoms with E-state index in [2.05, 4.69) is 45.5 Å². The molecule has 0 aliphatic carbocycles. The predicted octanol–water partition coefficient (Wildman–Crippen LogP) is 3.80. The Morgan fingerprint density at radius 3 is 2.71 bits per heavy atom. The van der Waals surface area contributed by atoms with Crippen molar-refractivity contribution in [2.45, 2.75) is 19.3 Å². The van der Waals surface area contributed by atoms with Crippen LogP contribution in [0.25, 0.3) is 0 Å². The van der Waals surface area contributed by atoms with Gasteiger partial charge in [-0.15, -0.1) is 0 Å². The van der Waals surface area contributed by atoms with Gasteiger partial charge in [0, 0.05) is 10.0 Å². The normalized spacial score (nSPS) is 14.8. The second-order valence-electron chi connectivity index (χ2n) is 5.13. The van der Waals surface area contributed by atoms with Crippen molar-refractivity contribution in [3.8, 4) is 5.75 Å². The first kappa shape index (κ1) is 14.6. The summed E-state index contributed by atoms with van der Waals surface area (Å²) in [6, 6.07) is 12.7. The van der Waals surface area contributed by atoms with Crippen LogP contribution in [0.15, 0.2) is 40.9 Å². The Kier molecular flexibility index (Phi) is 4.29. The van der Waals surface area contributed by atoms with E-state index in [1.54, 1.807) is 7.11 Å². The molecule has 1 heterocycles. The van der Waals surface area contributed by atoms with E-state index in [1.165, 1.54) is 16.7 Å². The molecule has 1 N–H and O–H groups in total. The first-order valence-corrected chi connectivity index (χ1v) is 7.72. The second-order valence-corrected chi connectivity index (χ2v) is 6.04. The monoisotopic (exact) mass is 347 g/mol. The molecule has 21 heavy (non-hydrogen) atoms. The summed E-state index contributed by atoms with van der Waals surface area (Å²) in [6.07, 6.45) is 0. The predicted molar refractivity (Wildman–Crippen MR) is 86.5 cm³/mol. The number of rotatable bonds is 4. The van der Waals surface area contributed by atoms with E-state index in [1.807, 2.05) is 19.2 Å². The standard InChI is InChI=1S/C17H18BrNO2/c1-19-17(15-8-14(18)5-6-16(15)20-2)11-3-4-12-9-21-10-13(12)7-11/h3-8,17,19H,9-10H2,1-2H3. The Morgan fingerprint density at radius 2 is 1.95 bits per heavy atom. The lowest BCUT2D eigenvalue weighted by Crippen LogP contribution is -2.18. The van der Waals surface area contributed by atoms with Crippen molar-refractivity contribution >= 4 is 15.9 Å². The van der Waals surface area contributed by atoms with Crippen molar-refractivity contribution in [2.75, 3.05) is 14.2 Å². The summed E-state index contributed by atoms with van der Waals surface area (Å²) in [7, 11) is 3.67. The molecule has 1 unspecified atom stereocenters. The van der Waals surface area contributed by atoms with Crippen LogP contribution in [0.3, 0.4) is 0 Å². The minimum absolute atomic E-state index is 0.0864. The van der Waals surface area contributed by atoms with E-state index < -0.39 is 0 Å². The maximum absolute atomic E-state index is 5.51. The smallest absolute Gasteiger partial charge is 0.124 e. The van der Waals surface area contributed by atoms with Gasteiger partial charge in [-0.3, -0.25) is 0 Å². The zero-order valence-corrected chi connectivity index (χ0v) is 13.7. The Balaban J connectivity index is 2.04. The van der Waals surface area contributed by atoms with Crippen molar-refractivity contribution < 1.29 is 9.47 Å². The fourth-order valence-electron chi connectivity index (χ4n) is 2.80.